The molecule has 0 bridgehead atoms. The highest BCUT2D eigenvalue weighted by molar-refractivity contribution is 9.10. The Balaban J connectivity index is 1.94. The fraction of sp³-hybridized carbons (Fsp3) is 0.316. The summed E-state index contributed by atoms with van der Waals surface area (Å²) in [5.74, 6) is 0.655. The smallest absolute Gasteiger partial charge is 0.251 e. The van der Waals surface area contributed by atoms with Gasteiger partial charge in [-0.15, -0.1) is 0 Å². The number of carbonyl (C=O) groups excluding carboxylic acids is 1. The van der Waals surface area contributed by atoms with Crippen LogP contribution in [0.1, 0.15) is 46.2 Å². The fourth-order valence-electron chi connectivity index (χ4n) is 3.08. The van der Waals surface area contributed by atoms with E-state index in [4.69, 9.17) is 4.52 Å². The van der Waals surface area contributed by atoms with Crippen LogP contribution in [0.2, 0.25) is 0 Å². The molecule has 0 saturated carbocycles. The number of aromatic nitrogens is 3. The van der Waals surface area contributed by atoms with Gasteiger partial charge in [0.15, 0.2) is 5.78 Å². The summed E-state index contributed by atoms with van der Waals surface area (Å²) in [5, 5.41) is 4.02. The van der Waals surface area contributed by atoms with E-state index in [1.54, 1.807) is 19.2 Å². The van der Waals surface area contributed by atoms with Crippen LogP contribution in [0.4, 0.5) is 0 Å². The number of Topliss-reactive ketones (excluding diaryl/α,β-unsaturated/α-hetero) is 1. The van der Waals surface area contributed by atoms with Crippen LogP contribution in [-0.4, -0.2) is 20.1 Å². The fourth-order valence-corrected chi connectivity index (χ4v) is 3.43. The second-order valence-corrected chi connectivity index (χ2v) is 7.35. The van der Waals surface area contributed by atoms with Crippen LogP contribution in [0.15, 0.2) is 44.3 Å². The molecule has 0 aliphatic heterocycles. The number of carbonyl (C=O) groups is 1. The van der Waals surface area contributed by atoms with Gasteiger partial charge in [0.2, 0.25) is 0 Å². The molecular weight excluding hydrogens is 398 g/mol. The molecule has 0 amide bonds. The molecule has 0 aromatic carbocycles. The minimum atomic E-state index is -0.594. The molecule has 0 fully saturated rings. The van der Waals surface area contributed by atoms with E-state index >= 15 is 0 Å². The molecule has 6 nitrogen and oxygen atoms in total. The summed E-state index contributed by atoms with van der Waals surface area (Å²) in [7, 11) is 0. The monoisotopic (exact) mass is 417 g/mol. The number of hydrogen-bond donors (Lipinski definition) is 0. The third kappa shape index (κ3) is 3.44. The summed E-state index contributed by atoms with van der Waals surface area (Å²) in [5.41, 5.74) is 3.02. The van der Waals surface area contributed by atoms with E-state index in [9.17, 15) is 9.59 Å². The van der Waals surface area contributed by atoms with Crippen molar-refractivity contribution in [1.82, 2.24) is 14.3 Å². The van der Waals surface area contributed by atoms with E-state index in [-0.39, 0.29) is 11.3 Å². The number of hydrogen-bond acceptors (Lipinski definition) is 4. The maximum Gasteiger partial charge on any atom is 0.251 e. The van der Waals surface area contributed by atoms with Crippen molar-refractivity contribution in [2.75, 3.05) is 0 Å². The zero-order chi connectivity index (χ0) is 19.0. The van der Waals surface area contributed by atoms with Crippen LogP contribution in [0.3, 0.4) is 0 Å². The second kappa shape index (κ2) is 7.07. The second-order valence-electron chi connectivity index (χ2n) is 6.43. The van der Waals surface area contributed by atoms with Gasteiger partial charge in [-0.2, -0.15) is 0 Å². The van der Waals surface area contributed by atoms with E-state index in [0.29, 0.717) is 12.1 Å². The van der Waals surface area contributed by atoms with Crippen molar-refractivity contribution in [3.05, 3.63) is 73.7 Å². The lowest BCUT2D eigenvalue weighted by atomic mass is 10.1. The lowest BCUT2D eigenvalue weighted by Crippen LogP contribution is -2.27. The Morgan fingerprint density at radius 3 is 2.65 bits per heavy atom. The number of ketones is 1. The quantitative estimate of drug-likeness (QED) is 0.591. The molecule has 3 aromatic heterocycles. The van der Waals surface area contributed by atoms with E-state index in [2.05, 4.69) is 21.1 Å². The average molecular weight is 418 g/mol. The number of nitrogens with zero attached hydrogens (tertiary/aromatic N) is 3. The van der Waals surface area contributed by atoms with Gasteiger partial charge in [0, 0.05) is 39.8 Å². The van der Waals surface area contributed by atoms with Gasteiger partial charge in [-0.25, -0.2) is 0 Å². The Kier molecular flexibility index (Phi) is 5.00. The van der Waals surface area contributed by atoms with Crippen molar-refractivity contribution < 1.29 is 9.32 Å². The summed E-state index contributed by atoms with van der Waals surface area (Å²) in [6, 6.07) is 6.27. The van der Waals surface area contributed by atoms with Gasteiger partial charge in [-0.1, -0.05) is 5.16 Å². The highest BCUT2D eigenvalue weighted by Gasteiger charge is 2.23. The normalized spacial score (nSPS) is 12.3. The lowest BCUT2D eigenvalue weighted by Gasteiger charge is -2.14. The van der Waals surface area contributed by atoms with Gasteiger partial charge in [0.05, 0.1) is 12.6 Å². The topological polar surface area (TPSA) is 70.0 Å². The first kappa shape index (κ1) is 18.4. The number of pyridine rings is 1. The average Bonchev–Trinajstić information content (AvgIpc) is 3.13. The Bertz CT molecular complexity index is 1030. The standard InChI is InChI=1S/C19H20BrN3O3/c1-11-7-17(13(3)22(11)10-16-8-12(2)26-21-16)19(25)14(4)23-9-15(20)5-6-18(23)24/h5-9,14H,10H2,1-4H3. The summed E-state index contributed by atoms with van der Waals surface area (Å²) in [6.07, 6.45) is 1.64. The Hall–Kier alpha value is -2.41. The van der Waals surface area contributed by atoms with Gasteiger partial charge < -0.3 is 13.7 Å². The Morgan fingerprint density at radius 2 is 2.00 bits per heavy atom. The third-order valence-corrected chi connectivity index (χ3v) is 5.00. The molecule has 26 heavy (non-hydrogen) atoms. The van der Waals surface area contributed by atoms with Gasteiger partial charge in [-0.3, -0.25) is 9.59 Å². The van der Waals surface area contributed by atoms with Gasteiger partial charge in [0.25, 0.3) is 5.56 Å². The van der Waals surface area contributed by atoms with Crippen LogP contribution >= 0.6 is 15.9 Å². The van der Waals surface area contributed by atoms with Crippen molar-refractivity contribution >= 4 is 21.7 Å². The molecule has 1 atom stereocenters. The van der Waals surface area contributed by atoms with E-state index < -0.39 is 6.04 Å². The lowest BCUT2D eigenvalue weighted by molar-refractivity contribution is 0.0932. The molecule has 0 radical (unpaired) electrons. The molecule has 3 rings (SSSR count). The summed E-state index contributed by atoms with van der Waals surface area (Å²) < 4.78 is 9.34. The first-order chi connectivity index (χ1) is 12.3. The van der Waals surface area contributed by atoms with Gasteiger partial charge in [0.1, 0.15) is 11.5 Å². The van der Waals surface area contributed by atoms with Crippen molar-refractivity contribution in [2.45, 2.75) is 40.3 Å². The van der Waals surface area contributed by atoms with Crippen LogP contribution in [0.25, 0.3) is 0 Å². The molecule has 1 unspecified atom stereocenters. The molecule has 0 saturated heterocycles. The van der Waals surface area contributed by atoms with Crippen LogP contribution < -0.4 is 5.56 Å². The molecule has 7 heteroatoms. The molecule has 3 aromatic rings. The first-order valence-corrected chi connectivity index (χ1v) is 9.08. The highest BCUT2D eigenvalue weighted by Crippen LogP contribution is 2.22. The molecule has 0 N–H and O–H groups in total. The highest BCUT2D eigenvalue weighted by atomic mass is 79.9. The molecular formula is C19H20BrN3O3. The van der Waals surface area contributed by atoms with Crippen molar-refractivity contribution in [2.24, 2.45) is 0 Å². The summed E-state index contributed by atoms with van der Waals surface area (Å²) in [4.78, 5) is 25.1. The van der Waals surface area contributed by atoms with Gasteiger partial charge in [-0.05, 0) is 55.8 Å². The predicted octanol–water partition coefficient (Wildman–Crippen LogP) is 3.82. The van der Waals surface area contributed by atoms with Crippen LogP contribution in [0, 0.1) is 20.8 Å². The SMILES string of the molecule is Cc1cc(Cn2c(C)cc(C(=O)C(C)n3cc(Br)ccc3=O)c2C)no1. The van der Waals surface area contributed by atoms with Crippen LogP contribution in [0.5, 0.6) is 0 Å². The Labute approximate surface area is 159 Å². The number of aryl methyl sites for hydroxylation is 2. The van der Waals surface area contributed by atoms with E-state index in [1.165, 1.54) is 10.6 Å². The number of halogens is 1. The van der Waals surface area contributed by atoms with Crippen molar-refractivity contribution in [1.29, 1.82) is 0 Å². The first-order valence-electron chi connectivity index (χ1n) is 8.28. The predicted molar refractivity (Wildman–Crippen MR) is 102 cm³/mol. The zero-order valence-corrected chi connectivity index (χ0v) is 16.7. The van der Waals surface area contributed by atoms with Crippen LogP contribution in [-0.2, 0) is 6.54 Å². The zero-order valence-electron chi connectivity index (χ0n) is 15.1. The molecule has 136 valence electrons. The summed E-state index contributed by atoms with van der Waals surface area (Å²) in [6.45, 7) is 7.98. The molecule has 0 aliphatic rings. The number of rotatable bonds is 5. The molecule has 0 aliphatic carbocycles. The van der Waals surface area contributed by atoms with Crippen molar-refractivity contribution in [3.8, 4) is 0 Å². The van der Waals surface area contributed by atoms with Crippen molar-refractivity contribution in [3.63, 3.8) is 0 Å². The van der Waals surface area contributed by atoms with E-state index in [0.717, 1.165) is 27.3 Å². The largest absolute Gasteiger partial charge is 0.361 e. The molecule has 3 heterocycles. The van der Waals surface area contributed by atoms with E-state index in [1.807, 2.05) is 37.5 Å². The summed E-state index contributed by atoms with van der Waals surface area (Å²) >= 11 is 3.35. The molecule has 0 spiro atoms. The third-order valence-electron chi connectivity index (χ3n) is 4.53. The maximum atomic E-state index is 13.0. The maximum absolute atomic E-state index is 13.0. The minimum absolute atomic E-state index is 0.0964. The Morgan fingerprint density at radius 1 is 1.27 bits per heavy atom. The minimum Gasteiger partial charge on any atom is -0.361 e. The van der Waals surface area contributed by atoms with Gasteiger partial charge >= 0.3 is 0 Å².